The van der Waals surface area contributed by atoms with Crippen LogP contribution < -0.4 is 0 Å². The van der Waals surface area contributed by atoms with Crippen LogP contribution in [0.25, 0.3) is 0 Å². The van der Waals surface area contributed by atoms with Gasteiger partial charge in [0.25, 0.3) is 0 Å². The molecule has 1 N–H and O–H groups in total. The Kier molecular flexibility index (Phi) is 2.16. The number of rotatable bonds is 2. The summed E-state index contributed by atoms with van der Waals surface area (Å²) in [5.41, 5.74) is 2.16. The largest absolute Gasteiger partial charge is 0.465 e. The van der Waals surface area contributed by atoms with Gasteiger partial charge in [-0.25, -0.2) is 0 Å². The van der Waals surface area contributed by atoms with Gasteiger partial charge in [-0.1, -0.05) is 6.42 Å². The zero-order valence-electron chi connectivity index (χ0n) is 8.26. The minimum Gasteiger partial charge on any atom is -0.465 e. The molecule has 1 aliphatic carbocycles. The summed E-state index contributed by atoms with van der Waals surface area (Å²) in [7, 11) is 0. The summed E-state index contributed by atoms with van der Waals surface area (Å²) in [6.07, 6.45) is 3.74. The fourth-order valence-corrected chi connectivity index (χ4v) is 1.90. The zero-order chi connectivity index (χ0) is 9.42. The van der Waals surface area contributed by atoms with Crippen molar-refractivity contribution in [1.29, 1.82) is 0 Å². The molecule has 72 valence electrons. The van der Waals surface area contributed by atoms with Crippen molar-refractivity contribution in [2.45, 2.75) is 45.6 Å². The molecule has 0 saturated heterocycles. The Labute approximate surface area is 78.6 Å². The molecule has 0 aliphatic heterocycles. The number of aliphatic hydroxyl groups excluding tert-OH is 1. The lowest BCUT2D eigenvalue weighted by atomic mass is 9.82. The van der Waals surface area contributed by atoms with Crippen molar-refractivity contribution in [2.24, 2.45) is 0 Å². The standard InChI is InChI=1S/C11H16O2/c1-7-8(2)13-11(10(7)6-12)9-4-3-5-9/h9,12H,3-6H2,1-2H3. The SMILES string of the molecule is Cc1oc(C2CCC2)c(CO)c1C. The summed E-state index contributed by atoms with van der Waals surface area (Å²) in [6.45, 7) is 4.11. The first-order valence-electron chi connectivity index (χ1n) is 4.93. The van der Waals surface area contributed by atoms with Gasteiger partial charge >= 0.3 is 0 Å². The summed E-state index contributed by atoms with van der Waals surface area (Å²) in [6, 6.07) is 0. The average molecular weight is 180 g/mol. The molecule has 1 aromatic heterocycles. The van der Waals surface area contributed by atoms with E-state index in [1.165, 1.54) is 19.3 Å². The van der Waals surface area contributed by atoms with E-state index < -0.39 is 0 Å². The fraction of sp³-hybridized carbons (Fsp3) is 0.636. The van der Waals surface area contributed by atoms with Crippen molar-refractivity contribution < 1.29 is 9.52 Å². The predicted octanol–water partition coefficient (Wildman–Crippen LogP) is 2.66. The van der Waals surface area contributed by atoms with Crippen LogP contribution in [-0.2, 0) is 6.61 Å². The van der Waals surface area contributed by atoms with E-state index >= 15 is 0 Å². The van der Waals surface area contributed by atoms with Crippen molar-refractivity contribution in [3.05, 3.63) is 22.6 Å². The van der Waals surface area contributed by atoms with Gasteiger partial charge in [-0.05, 0) is 32.3 Å². The van der Waals surface area contributed by atoms with Crippen molar-refractivity contribution >= 4 is 0 Å². The number of furan rings is 1. The van der Waals surface area contributed by atoms with E-state index in [1.807, 2.05) is 13.8 Å². The first-order valence-corrected chi connectivity index (χ1v) is 4.93. The molecule has 0 radical (unpaired) electrons. The minimum absolute atomic E-state index is 0.120. The summed E-state index contributed by atoms with van der Waals surface area (Å²) < 4.78 is 5.68. The molecule has 0 bridgehead atoms. The van der Waals surface area contributed by atoms with E-state index in [2.05, 4.69) is 0 Å². The van der Waals surface area contributed by atoms with Crippen LogP contribution in [0.15, 0.2) is 4.42 Å². The van der Waals surface area contributed by atoms with Gasteiger partial charge in [0.2, 0.25) is 0 Å². The number of aryl methyl sites for hydroxylation is 1. The molecule has 2 rings (SSSR count). The van der Waals surface area contributed by atoms with Gasteiger partial charge < -0.3 is 9.52 Å². The Morgan fingerprint density at radius 2 is 2.08 bits per heavy atom. The first-order chi connectivity index (χ1) is 6.24. The molecule has 1 aliphatic rings. The summed E-state index contributed by atoms with van der Waals surface area (Å²) in [4.78, 5) is 0. The molecule has 1 fully saturated rings. The van der Waals surface area contributed by atoms with Gasteiger partial charge in [0, 0.05) is 11.5 Å². The van der Waals surface area contributed by atoms with Crippen molar-refractivity contribution in [3.63, 3.8) is 0 Å². The van der Waals surface area contributed by atoms with E-state index in [9.17, 15) is 5.11 Å². The third-order valence-electron chi connectivity index (χ3n) is 3.18. The van der Waals surface area contributed by atoms with Crippen LogP contribution in [-0.4, -0.2) is 5.11 Å². The number of hydrogen-bond acceptors (Lipinski definition) is 2. The molecule has 0 atom stereocenters. The molecule has 1 aromatic rings. The van der Waals surface area contributed by atoms with Crippen LogP contribution in [0.2, 0.25) is 0 Å². The van der Waals surface area contributed by atoms with Crippen molar-refractivity contribution in [3.8, 4) is 0 Å². The molecule has 1 heterocycles. The van der Waals surface area contributed by atoms with Gasteiger partial charge in [0.15, 0.2) is 0 Å². The molecule has 0 unspecified atom stereocenters. The molecular weight excluding hydrogens is 164 g/mol. The normalized spacial score (nSPS) is 17.5. The Hall–Kier alpha value is -0.760. The summed E-state index contributed by atoms with van der Waals surface area (Å²) >= 11 is 0. The third-order valence-corrected chi connectivity index (χ3v) is 3.18. The van der Waals surface area contributed by atoms with Gasteiger partial charge in [0.1, 0.15) is 11.5 Å². The van der Waals surface area contributed by atoms with Gasteiger partial charge in [-0.3, -0.25) is 0 Å². The van der Waals surface area contributed by atoms with Crippen LogP contribution >= 0.6 is 0 Å². The highest BCUT2D eigenvalue weighted by molar-refractivity contribution is 5.34. The summed E-state index contributed by atoms with van der Waals surface area (Å²) in [5, 5.41) is 9.22. The molecule has 0 aromatic carbocycles. The predicted molar refractivity (Wildman–Crippen MR) is 50.7 cm³/mol. The smallest absolute Gasteiger partial charge is 0.113 e. The Morgan fingerprint density at radius 3 is 2.54 bits per heavy atom. The zero-order valence-corrected chi connectivity index (χ0v) is 8.26. The maximum atomic E-state index is 9.22. The quantitative estimate of drug-likeness (QED) is 0.759. The second-order valence-corrected chi connectivity index (χ2v) is 3.91. The third kappa shape index (κ3) is 1.29. The highest BCUT2D eigenvalue weighted by atomic mass is 16.3. The average Bonchev–Trinajstić information content (AvgIpc) is 2.25. The van der Waals surface area contributed by atoms with E-state index in [-0.39, 0.29) is 6.61 Å². The fourth-order valence-electron chi connectivity index (χ4n) is 1.90. The Bertz CT molecular complexity index is 308. The highest BCUT2D eigenvalue weighted by Gasteiger charge is 2.27. The molecule has 13 heavy (non-hydrogen) atoms. The van der Waals surface area contributed by atoms with Crippen LogP contribution in [0.1, 0.15) is 47.8 Å². The van der Waals surface area contributed by atoms with E-state index in [0.29, 0.717) is 5.92 Å². The Balaban J connectivity index is 2.37. The van der Waals surface area contributed by atoms with Gasteiger partial charge in [-0.2, -0.15) is 0 Å². The second-order valence-electron chi connectivity index (χ2n) is 3.91. The van der Waals surface area contributed by atoms with Gasteiger partial charge in [-0.15, -0.1) is 0 Å². The molecule has 2 nitrogen and oxygen atoms in total. The molecule has 1 saturated carbocycles. The second kappa shape index (κ2) is 3.18. The van der Waals surface area contributed by atoms with E-state index in [4.69, 9.17) is 4.42 Å². The molecular formula is C11H16O2. The number of aliphatic hydroxyl groups is 1. The van der Waals surface area contributed by atoms with E-state index in [0.717, 1.165) is 22.6 Å². The maximum absolute atomic E-state index is 9.22. The minimum atomic E-state index is 0.120. The van der Waals surface area contributed by atoms with Crippen molar-refractivity contribution in [2.75, 3.05) is 0 Å². The lowest BCUT2D eigenvalue weighted by Crippen LogP contribution is -2.09. The van der Waals surface area contributed by atoms with Gasteiger partial charge in [0.05, 0.1) is 6.61 Å². The molecule has 0 spiro atoms. The molecule has 2 heteroatoms. The van der Waals surface area contributed by atoms with E-state index in [1.54, 1.807) is 0 Å². The number of hydrogen-bond donors (Lipinski definition) is 1. The topological polar surface area (TPSA) is 33.4 Å². The molecule has 0 amide bonds. The van der Waals surface area contributed by atoms with Crippen LogP contribution in [0.4, 0.5) is 0 Å². The monoisotopic (exact) mass is 180 g/mol. The van der Waals surface area contributed by atoms with Crippen molar-refractivity contribution in [1.82, 2.24) is 0 Å². The summed E-state index contributed by atoms with van der Waals surface area (Å²) in [5.74, 6) is 2.59. The Morgan fingerprint density at radius 1 is 1.38 bits per heavy atom. The lowest BCUT2D eigenvalue weighted by Gasteiger charge is -2.24. The highest BCUT2D eigenvalue weighted by Crippen LogP contribution is 2.40. The first kappa shape index (κ1) is 8.82. The lowest BCUT2D eigenvalue weighted by molar-refractivity contribution is 0.268. The maximum Gasteiger partial charge on any atom is 0.113 e. The van der Waals surface area contributed by atoms with Crippen LogP contribution in [0.3, 0.4) is 0 Å². The van der Waals surface area contributed by atoms with Crippen LogP contribution in [0, 0.1) is 13.8 Å². The van der Waals surface area contributed by atoms with Crippen LogP contribution in [0.5, 0.6) is 0 Å².